The monoisotopic (exact) mass is 366 g/mol. The van der Waals surface area contributed by atoms with Gasteiger partial charge in [0, 0.05) is 13.1 Å². The third-order valence-corrected chi connectivity index (χ3v) is 4.77. The molecule has 1 aliphatic rings. The molecule has 2 aromatic rings. The Hall–Kier alpha value is -2.82. The molecule has 0 spiro atoms. The minimum Gasteiger partial charge on any atom is -0.481 e. The summed E-state index contributed by atoms with van der Waals surface area (Å²) in [5, 5.41) is 2.89. The molecule has 5 nitrogen and oxygen atoms in total. The molecule has 0 unspecified atom stereocenters. The first-order chi connectivity index (χ1) is 13.1. The van der Waals surface area contributed by atoms with E-state index in [1.54, 1.807) is 12.1 Å². The van der Waals surface area contributed by atoms with Crippen LogP contribution in [0, 0.1) is 6.92 Å². The number of hydrogen-bond acceptors (Lipinski definition) is 3. The van der Waals surface area contributed by atoms with Crippen molar-refractivity contribution >= 4 is 17.5 Å². The standard InChI is InChI=1S/C22H26N2O3/c1-3-20(27-17-12-10-16(2)11-13-17)21(25)23-19-9-5-4-8-18(19)22(26)24-14-6-7-15-24/h4-5,8-13,20H,3,6-7,14-15H2,1-2H3,(H,23,25)/t20-/m0/s1. The zero-order valence-corrected chi connectivity index (χ0v) is 15.9. The summed E-state index contributed by atoms with van der Waals surface area (Å²) in [5.41, 5.74) is 2.19. The van der Waals surface area contributed by atoms with Crippen LogP contribution in [0.15, 0.2) is 48.5 Å². The number of nitrogens with one attached hydrogen (secondary N) is 1. The van der Waals surface area contributed by atoms with Crippen molar-refractivity contribution in [3.05, 3.63) is 59.7 Å². The molecule has 5 heteroatoms. The zero-order valence-electron chi connectivity index (χ0n) is 15.9. The zero-order chi connectivity index (χ0) is 19.2. The summed E-state index contributed by atoms with van der Waals surface area (Å²) in [6, 6.07) is 14.8. The molecule has 142 valence electrons. The van der Waals surface area contributed by atoms with E-state index in [0.717, 1.165) is 31.5 Å². The van der Waals surface area contributed by atoms with E-state index in [9.17, 15) is 9.59 Å². The Kier molecular flexibility index (Phi) is 6.12. The average Bonchev–Trinajstić information content (AvgIpc) is 3.22. The molecule has 2 amide bonds. The van der Waals surface area contributed by atoms with E-state index in [1.807, 2.05) is 55.1 Å². The minimum atomic E-state index is -0.623. The van der Waals surface area contributed by atoms with Crippen LogP contribution in [0.2, 0.25) is 0 Å². The maximum atomic E-state index is 12.8. The van der Waals surface area contributed by atoms with E-state index < -0.39 is 6.10 Å². The third kappa shape index (κ3) is 4.67. The van der Waals surface area contributed by atoms with Crippen LogP contribution in [0.4, 0.5) is 5.69 Å². The smallest absolute Gasteiger partial charge is 0.265 e. The van der Waals surface area contributed by atoms with Gasteiger partial charge in [-0.1, -0.05) is 36.8 Å². The summed E-state index contributed by atoms with van der Waals surface area (Å²) in [4.78, 5) is 27.3. The van der Waals surface area contributed by atoms with Gasteiger partial charge < -0.3 is 15.0 Å². The predicted octanol–water partition coefficient (Wildman–Crippen LogP) is 4.03. The second-order valence-electron chi connectivity index (χ2n) is 6.86. The summed E-state index contributed by atoms with van der Waals surface area (Å²) in [6.45, 7) is 5.45. The molecule has 1 atom stereocenters. The first-order valence-electron chi connectivity index (χ1n) is 9.51. The number of para-hydroxylation sites is 1. The first kappa shape index (κ1) is 19.0. The Morgan fingerprint density at radius 1 is 1.07 bits per heavy atom. The number of rotatable bonds is 6. The molecule has 1 fully saturated rings. The number of amides is 2. The largest absolute Gasteiger partial charge is 0.481 e. The number of hydrogen-bond donors (Lipinski definition) is 1. The van der Waals surface area contributed by atoms with Gasteiger partial charge >= 0.3 is 0 Å². The van der Waals surface area contributed by atoms with E-state index >= 15 is 0 Å². The number of anilines is 1. The molecule has 1 heterocycles. The van der Waals surface area contributed by atoms with Crippen molar-refractivity contribution in [1.82, 2.24) is 4.90 Å². The van der Waals surface area contributed by atoms with Crippen LogP contribution in [-0.4, -0.2) is 35.9 Å². The van der Waals surface area contributed by atoms with Crippen LogP contribution in [0.25, 0.3) is 0 Å². The Labute approximate surface area is 160 Å². The second-order valence-corrected chi connectivity index (χ2v) is 6.86. The molecular formula is C22H26N2O3. The lowest BCUT2D eigenvalue weighted by Crippen LogP contribution is -2.34. The van der Waals surface area contributed by atoms with Crippen LogP contribution < -0.4 is 10.1 Å². The minimum absolute atomic E-state index is 0.0316. The highest BCUT2D eigenvalue weighted by Gasteiger charge is 2.24. The Bertz CT molecular complexity index is 795. The summed E-state index contributed by atoms with van der Waals surface area (Å²) < 4.78 is 5.85. The van der Waals surface area contributed by atoms with Gasteiger partial charge in [0.2, 0.25) is 0 Å². The van der Waals surface area contributed by atoms with E-state index in [2.05, 4.69) is 5.32 Å². The summed E-state index contributed by atoms with van der Waals surface area (Å²) in [7, 11) is 0. The second kappa shape index (κ2) is 8.71. The van der Waals surface area contributed by atoms with E-state index in [-0.39, 0.29) is 11.8 Å². The van der Waals surface area contributed by atoms with Gasteiger partial charge in [-0.2, -0.15) is 0 Å². The molecule has 2 aromatic carbocycles. The number of ether oxygens (including phenoxy) is 1. The lowest BCUT2D eigenvalue weighted by molar-refractivity contribution is -0.122. The maximum absolute atomic E-state index is 12.8. The number of carbonyl (C=O) groups excluding carboxylic acids is 2. The lowest BCUT2D eigenvalue weighted by atomic mass is 10.1. The number of likely N-dealkylation sites (tertiary alicyclic amines) is 1. The molecule has 1 aliphatic heterocycles. The van der Waals surface area contributed by atoms with Crippen molar-refractivity contribution in [2.75, 3.05) is 18.4 Å². The van der Waals surface area contributed by atoms with E-state index in [1.165, 1.54) is 0 Å². The van der Waals surface area contributed by atoms with E-state index in [0.29, 0.717) is 23.4 Å². The number of carbonyl (C=O) groups is 2. The first-order valence-corrected chi connectivity index (χ1v) is 9.51. The van der Waals surface area contributed by atoms with Crippen molar-refractivity contribution in [1.29, 1.82) is 0 Å². The van der Waals surface area contributed by atoms with Gasteiger partial charge in [0.25, 0.3) is 11.8 Å². The fourth-order valence-electron chi connectivity index (χ4n) is 3.19. The van der Waals surface area contributed by atoms with Gasteiger partial charge in [-0.25, -0.2) is 0 Å². The Morgan fingerprint density at radius 3 is 2.41 bits per heavy atom. The Morgan fingerprint density at radius 2 is 1.74 bits per heavy atom. The van der Waals surface area contributed by atoms with Crippen LogP contribution in [0.3, 0.4) is 0 Å². The summed E-state index contributed by atoms with van der Waals surface area (Å²) >= 11 is 0. The average molecular weight is 366 g/mol. The van der Waals surface area contributed by atoms with Gasteiger partial charge in [0.1, 0.15) is 5.75 Å². The van der Waals surface area contributed by atoms with Gasteiger partial charge in [-0.05, 0) is 50.5 Å². The lowest BCUT2D eigenvalue weighted by Gasteiger charge is -2.20. The molecule has 0 saturated carbocycles. The van der Waals surface area contributed by atoms with Gasteiger partial charge in [-0.15, -0.1) is 0 Å². The van der Waals surface area contributed by atoms with Crippen LogP contribution in [0.1, 0.15) is 42.1 Å². The van der Waals surface area contributed by atoms with Crippen LogP contribution in [-0.2, 0) is 4.79 Å². The number of benzene rings is 2. The third-order valence-electron chi connectivity index (χ3n) is 4.77. The van der Waals surface area contributed by atoms with Crippen molar-refractivity contribution in [2.45, 2.75) is 39.2 Å². The molecule has 0 radical (unpaired) electrons. The van der Waals surface area contributed by atoms with Gasteiger partial charge in [-0.3, -0.25) is 9.59 Å². The number of nitrogens with zero attached hydrogens (tertiary/aromatic N) is 1. The summed E-state index contributed by atoms with van der Waals surface area (Å²) in [6.07, 6.45) is 1.97. The highest BCUT2D eigenvalue weighted by Crippen LogP contribution is 2.21. The van der Waals surface area contributed by atoms with Crippen LogP contribution >= 0.6 is 0 Å². The van der Waals surface area contributed by atoms with Crippen molar-refractivity contribution < 1.29 is 14.3 Å². The summed E-state index contributed by atoms with van der Waals surface area (Å²) in [5.74, 6) is 0.375. The molecule has 0 aliphatic carbocycles. The molecule has 1 N–H and O–H groups in total. The molecule has 0 aromatic heterocycles. The fourth-order valence-corrected chi connectivity index (χ4v) is 3.19. The van der Waals surface area contributed by atoms with Crippen molar-refractivity contribution in [2.24, 2.45) is 0 Å². The van der Waals surface area contributed by atoms with Crippen molar-refractivity contribution in [3.8, 4) is 5.75 Å². The van der Waals surface area contributed by atoms with Crippen molar-refractivity contribution in [3.63, 3.8) is 0 Å². The molecule has 1 saturated heterocycles. The molecule has 27 heavy (non-hydrogen) atoms. The maximum Gasteiger partial charge on any atom is 0.265 e. The predicted molar refractivity (Wildman–Crippen MR) is 106 cm³/mol. The quantitative estimate of drug-likeness (QED) is 0.840. The van der Waals surface area contributed by atoms with Gasteiger partial charge in [0.15, 0.2) is 6.10 Å². The van der Waals surface area contributed by atoms with Crippen LogP contribution in [0.5, 0.6) is 5.75 Å². The highest BCUT2D eigenvalue weighted by atomic mass is 16.5. The highest BCUT2D eigenvalue weighted by molar-refractivity contribution is 6.04. The topological polar surface area (TPSA) is 58.6 Å². The normalized spacial score (nSPS) is 14.7. The van der Waals surface area contributed by atoms with Gasteiger partial charge in [0.05, 0.1) is 11.3 Å². The molecular weight excluding hydrogens is 340 g/mol. The van der Waals surface area contributed by atoms with E-state index in [4.69, 9.17) is 4.74 Å². The molecule has 0 bridgehead atoms. The fraction of sp³-hybridized carbons (Fsp3) is 0.364. The SMILES string of the molecule is CC[C@H](Oc1ccc(C)cc1)C(=O)Nc1ccccc1C(=O)N1CCCC1. The number of aryl methyl sites for hydroxylation is 1. The Balaban J connectivity index is 1.72. The molecule has 3 rings (SSSR count).